The molecule has 1 aliphatic carbocycles. The van der Waals surface area contributed by atoms with Gasteiger partial charge < -0.3 is 9.64 Å². The van der Waals surface area contributed by atoms with E-state index in [0.717, 1.165) is 37.0 Å². The van der Waals surface area contributed by atoms with Crippen LogP contribution in [-0.2, 0) is 16.1 Å². The molecule has 0 radical (unpaired) electrons. The number of aromatic nitrogens is 2. The Morgan fingerprint density at radius 1 is 1.31 bits per heavy atom. The maximum atomic E-state index is 13.0. The van der Waals surface area contributed by atoms with E-state index in [4.69, 9.17) is 4.74 Å². The number of amides is 1. The number of carbonyl (C=O) groups is 2. The van der Waals surface area contributed by atoms with E-state index in [0.29, 0.717) is 27.3 Å². The van der Waals surface area contributed by atoms with Crippen molar-refractivity contribution < 1.29 is 14.3 Å². The van der Waals surface area contributed by atoms with Crippen molar-refractivity contribution in [1.82, 2.24) is 14.5 Å². The molecule has 1 aliphatic rings. The third-order valence-electron chi connectivity index (χ3n) is 5.47. The Morgan fingerprint density at radius 3 is 2.66 bits per heavy atom. The molecule has 1 amide bonds. The number of ether oxygens (including phenoxy) is 1. The Labute approximate surface area is 174 Å². The number of nitrogens with zero attached hydrogens (tertiary/aromatic N) is 3. The molecule has 2 heterocycles. The van der Waals surface area contributed by atoms with E-state index >= 15 is 0 Å². The average molecular weight is 420 g/mol. The van der Waals surface area contributed by atoms with Gasteiger partial charge in [0.05, 0.1) is 18.3 Å². The molecule has 8 heteroatoms. The van der Waals surface area contributed by atoms with E-state index in [1.54, 1.807) is 11.8 Å². The predicted octanol–water partition coefficient (Wildman–Crippen LogP) is 3.37. The summed E-state index contributed by atoms with van der Waals surface area (Å²) in [7, 11) is 1.81. The van der Waals surface area contributed by atoms with Crippen molar-refractivity contribution in [1.29, 1.82) is 0 Å². The van der Waals surface area contributed by atoms with Gasteiger partial charge in [0.2, 0.25) is 5.91 Å². The molecule has 1 saturated carbocycles. The Kier molecular flexibility index (Phi) is 6.72. The molecule has 0 aromatic carbocycles. The molecule has 0 bridgehead atoms. The minimum absolute atomic E-state index is 0.0445. The summed E-state index contributed by atoms with van der Waals surface area (Å²) in [6.07, 6.45) is 6.92. The molecule has 0 unspecified atom stereocenters. The van der Waals surface area contributed by atoms with Gasteiger partial charge in [-0.15, -0.1) is 11.3 Å². The number of hydrogen-bond donors (Lipinski definition) is 0. The van der Waals surface area contributed by atoms with E-state index < -0.39 is 5.97 Å². The van der Waals surface area contributed by atoms with Crippen LogP contribution in [0.25, 0.3) is 10.2 Å². The first-order valence-electron chi connectivity index (χ1n) is 10.2. The molecular formula is C21H29N3O4S. The topological polar surface area (TPSA) is 81.5 Å². The van der Waals surface area contributed by atoms with Gasteiger partial charge in [0, 0.05) is 13.1 Å². The van der Waals surface area contributed by atoms with E-state index in [2.05, 4.69) is 4.98 Å². The van der Waals surface area contributed by atoms with Gasteiger partial charge >= 0.3 is 5.97 Å². The van der Waals surface area contributed by atoms with Crippen LogP contribution in [0.4, 0.5) is 0 Å². The number of carbonyl (C=O) groups excluding carboxylic acids is 2. The summed E-state index contributed by atoms with van der Waals surface area (Å²) < 4.78 is 6.65. The number of hydrogen-bond acceptors (Lipinski definition) is 6. The zero-order chi connectivity index (χ0) is 21.1. The number of likely N-dealkylation sites (N-methyl/N-ethyl adjacent to an activating group) is 1. The lowest BCUT2D eigenvalue weighted by Gasteiger charge is -2.31. The first kappa shape index (κ1) is 21.5. The minimum Gasteiger partial charge on any atom is -0.461 e. The zero-order valence-electron chi connectivity index (χ0n) is 17.6. The third-order valence-corrected chi connectivity index (χ3v) is 6.65. The number of fused-ring (bicyclic) bond motifs is 1. The summed E-state index contributed by atoms with van der Waals surface area (Å²) in [5.74, 6) is -0.293. The van der Waals surface area contributed by atoms with Gasteiger partial charge in [0.15, 0.2) is 0 Å². The van der Waals surface area contributed by atoms with Crippen LogP contribution in [-0.4, -0.2) is 46.0 Å². The summed E-state index contributed by atoms with van der Waals surface area (Å²) in [5, 5.41) is 0.391. The van der Waals surface area contributed by atoms with Gasteiger partial charge in [-0.3, -0.25) is 14.2 Å². The van der Waals surface area contributed by atoms with Crippen molar-refractivity contribution in [2.45, 2.75) is 65.5 Å². The van der Waals surface area contributed by atoms with Crippen molar-refractivity contribution >= 4 is 33.4 Å². The molecule has 2 aromatic rings. The van der Waals surface area contributed by atoms with Crippen molar-refractivity contribution in [3.63, 3.8) is 0 Å². The van der Waals surface area contributed by atoms with E-state index in [1.807, 2.05) is 20.9 Å². The van der Waals surface area contributed by atoms with Crippen molar-refractivity contribution in [3.05, 3.63) is 27.1 Å². The first-order valence-corrected chi connectivity index (χ1v) is 11.0. The standard InChI is InChI=1S/C21H29N3O4S/c1-13(2)11-28-21(27)18-14(3)17-19(29-18)22-12-24(20(17)26)10-16(25)23(4)15-8-6-5-7-9-15/h12-13,15H,5-11H2,1-4H3. The Hall–Kier alpha value is -2.22. The number of aryl methyl sites for hydroxylation is 1. The Balaban J connectivity index is 1.82. The molecule has 158 valence electrons. The van der Waals surface area contributed by atoms with Crippen LogP contribution in [0.15, 0.2) is 11.1 Å². The predicted molar refractivity (Wildman–Crippen MR) is 113 cm³/mol. The smallest absolute Gasteiger partial charge is 0.348 e. The number of rotatable bonds is 6. The van der Waals surface area contributed by atoms with Gasteiger partial charge in [-0.1, -0.05) is 33.1 Å². The highest BCUT2D eigenvalue weighted by atomic mass is 32.1. The zero-order valence-corrected chi connectivity index (χ0v) is 18.4. The highest BCUT2D eigenvalue weighted by Gasteiger charge is 2.24. The quantitative estimate of drug-likeness (QED) is 0.671. The molecule has 3 rings (SSSR count). The summed E-state index contributed by atoms with van der Waals surface area (Å²) in [6.45, 7) is 5.94. The number of esters is 1. The molecule has 1 fully saturated rings. The molecule has 0 saturated heterocycles. The highest BCUT2D eigenvalue weighted by molar-refractivity contribution is 7.20. The highest BCUT2D eigenvalue weighted by Crippen LogP contribution is 2.27. The van der Waals surface area contributed by atoms with Crippen LogP contribution in [0.1, 0.15) is 61.2 Å². The van der Waals surface area contributed by atoms with Crippen LogP contribution in [0.3, 0.4) is 0 Å². The van der Waals surface area contributed by atoms with Gasteiger partial charge in [-0.2, -0.15) is 0 Å². The Morgan fingerprint density at radius 2 is 2.00 bits per heavy atom. The molecule has 2 aromatic heterocycles. The molecule has 7 nitrogen and oxygen atoms in total. The lowest BCUT2D eigenvalue weighted by atomic mass is 9.94. The van der Waals surface area contributed by atoms with E-state index in [-0.39, 0.29) is 30.0 Å². The summed E-state index contributed by atoms with van der Waals surface area (Å²) in [5.41, 5.74) is 0.274. The lowest BCUT2D eigenvalue weighted by Crippen LogP contribution is -2.41. The van der Waals surface area contributed by atoms with Crippen LogP contribution >= 0.6 is 11.3 Å². The SMILES string of the molecule is Cc1c(C(=O)OCC(C)C)sc2ncn(CC(=O)N(C)C3CCCCC3)c(=O)c12. The normalized spacial score (nSPS) is 15.1. The molecule has 0 atom stereocenters. The minimum atomic E-state index is -0.432. The second-order valence-corrected chi connectivity index (χ2v) is 9.20. The van der Waals surface area contributed by atoms with E-state index in [9.17, 15) is 14.4 Å². The van der Waals surface area contributed by atoms with Gasteiger partial charge in [0.1, 0.15) is 16.3 Å². The van der Waals surface area contributed by atoms with Crippen LogP contribution in [0.5, 0.6) is 0 Å². The molecule has 29 heavy (non-hydrogen) atoms. The third kappa shape index (κ3) is 4.69. The van der Waals surface area contributed by atoms with Crippen LogP contribution in [0, 0.1) is 12.8 Å². The molecule has 0 N–H and O–H groups in total. The van der Waals surface area contributed by atoms with Crippen molar-refractivity contribution in [2.75, 3.05) is 13.7 Å². The second kappa shape index (κ2) is 9.07. The van der Waals surface area contributed by atoms with Gasteiger partial charge in [0.25, 0.3) is 5.56 Å². The fraction of sp³-hybridized carbons (Fsp3) is 0.619. The molecular weight excluding hydrogens is 390 g/mol. The van der Waals surface area contributed by atoms with Crippen LogP contribution < -0.4 is 5.56 Å². The summed E-state index contributed by atoms with van der Waals surface area (Å²) >= 11 is 1.16. The summed E-state index contributed by atoms with van der Waals surface area (Å²) in [4.78, 5) is 45.1. The first-order chi connectivity index (χ1) is 13.8. The van der Waals surface area contributed by atoms with E-state index in [1.165, 1.54) is 17.3 Å². The van der Waals surface area contributed by atoms with Gasteiger partial charge in [-0.25, -0.2) is 9.78 Å². The monoisotopic (exact) mass is 419 g/mol. The van der Waals surface area contributed by atoms with Crippen molar-refractivity contribution in [2.24, 2.45) is 5.92 Å². The lowest BCUT2D eigenvalue weighted by molar-refractivity contribution is -0.133. The maximum Gasteiger partial charge on any atom is 0.348 e. The van der Waals surface area contributed by atoms with Crippen LogP contribution in [0.2, 0.25) is 0 Å². The Bertz CT molecular complexity index is 957. The summed E-state index contributed by atoms with van der Waals surface area (Å²) in [6, 6.07) is 0.244. The maximum absolute atomic E-state index is 13.0. The van der Waals surface area contributed by atoms with Gasteiger partial charge in [-0.05, 0) is 31.2 Å². The average Bonchev–Trinajstić information content (AvgIpc) is 3.05. The molecule has 0 spiro atoms. The molecule has 0 aliphatic heterocycles. The number of thiophene rings is 1. The second-order valence-electron chi connectivity index (χ2n) is 8.20. The fourth-order valence-corrected chi connectivity index (χ4v) is 4.74. The fourth-order valence-electron chi connectivity index (χ4n) is 3.70. The van der Waals surface area contributed by atoms with Crippen molar-refractivity contribution in [3.8, 4) is 0 Å². The largest absolute Gasteiger partial charge is 0.461 e.